The Balaban J connectivity index is 2.93. The second-order valence-corrected chi connectivity index (χ2v) is 7.49. The molecule has 1 aromatic rings. The van der Waals surface area contributed by atoms with E-state index in [-0.39, 0.29) is 16.5 Å². The Bertz CT molecular complexity index is 608. The molecule has 0 saturated heterocycles. The van der Waals surface area contributed by atoms with Crippen LogP contribution in [0, 0.1) is 12.8 Å². The van der Waals surface area contributed by atoms with Crippen LogP contribution in [0.3, 0.4) is 0 Å². The monoisotopic (exact) mass is 313 g/mol. The Morgan fingerprint density at radius 1 is 1.24 bits per heavy atom. The average molecular weight is 313 g/mol. The van der Waals surface area contributed by atoms with Gasteiger partial charge in [0.05, 0.1) is 10.5 Å². The van der Waals surface area contributed by atoms with Gasteiger partial charge in [0.15, 0.2) is 0 Å². The van der Waals surface area contributed by atoms with E-state index < -0.39 is 16.0 Å². The maximum atomic E-state index is 12.3. The summed E-state index contributed by atoms with van der Waals surface area (Å²) < 4.78 is 27.1. The van der Waals surface area contributed by atoms with E-state index in [0.717, 1.165) is 12.8 Å². The molecule has 1 aromatic carbocycles. The number of carboxylic acid groups (broad SMARTS) is 1. The third-order valence-electron chi connectivity index (χ3n) is 3.28. The highest BCUT2D eigenvalue weighted by Gasteiger charge is 2.20. The molecular formula is C15H23NO4S. The minimum atomic E-state index is -3.69. The molecule has 6 heteroatoms. The lowest BCUT2D eigenvalue weighted by Gasteiger charge is -2.16. The number of rotatable bonds is 7. The molecular weight excluding hydrogens is 290 g/mol. The van der Waals surface area contributed by atoms with E-state index in [4.69, 9.17) is 5.11 Å². The van der Waals surface area contributed by atoms with Crippen LogP contribution in [0.1, 0.15) is 49.5 Å². The highest BCUT2D eigenvalue weighted by Crippen LogP contribution is 2.17. The van der Waals surface area contributed by atoms with E-state index in [2.05, 4.69) is 18.6 Å². The zero-order valence-electron chi connectivity index (χ0n) is 12.9. The summed E-state index contributed by atoms with van der Waals surface area (Å²) in [5.74, 6) is -0.618. The fourth-order valence-corrected chi connectivity index (χ4v) is 3.28. The number of aromatic carboxylic acids is 1. The fourth-order valence-electron chi connectivity index (χ4n) is 1.97. The summed E-state index contributed by atoms with van der Waals surface area (Å²) in [4.78, 5) is 11.1. The second kappa shape index (κ2) is 7.04. The Kier molecular flexibility index (Phi) is 5.92. The third-order valence-corrected chi connectivity index (χ3v) is 4.87. The van der Waals surface area contributed by atoms with Gasteiger partial charge in [-0.25, -0.2) is 17.9 Å². The van der Waals surface area contributed by atoms with Gasteiger partial charge in [-0.1, -0.05) is 19.9 Å². The molecule has 0 aliphatic carbocycles. The van der Waals surface area contributed by atoms with E-state index in [1.54, 1.807) is 6.92 Å². The molecule has 5 nitrogen and oxygen atoms in total. The first-order chi connectivity index (χ1) is 9.63. The van der Waals surface area contributed by atoms with E-state index in [1.807, 2.05) is 6.92 Å². The summed E-state index contributed by atoms with van der Waals surface area (Å²) in [6.45, 7) is 7.62. The van der Waals surface area contributed by atoms with Gasteiger partial charge in [0.2, 0.25) is 10.0 Å². The third kappa shape index (κ3) is 5.13. The van der Waals surface area contributed by atoms with Crippen LogP contribution in [0.4, 0.5) is 0 Å². The van der Waals surface area contributed by atoms with Gasteiger partial charge in [-0.2, -0.15) is 0 Å². The first kappa shape index (κ1) is 17.7. The first-order valence-corrected chi connectivity index (χ1v) is 8.48. The van der Waals surface area contributed by atoms with Crippen molar-refractivity contribution in [3.05, 3.63) is 29.3 Å². The van der Waals surface area contributed by atoms with E-state index in [9.17, 15) is 13.2 Å². The molecule has 1 atom stereocenters. The number of benzene rings is 1. The molecule has 21 heavy (non-hydrogen) atoms. The van der Waals surface area contributed by atoms with Crippen molar-refractivity contribution in [2.45, 2.75) is 51.5 Å². The van der Waals surface area contributed by atoms with Crippen LogP contribution in [0.5, 0.6) is 0 Å². The van der Waals surface area contributed by atoms with Crippen LogP contribution in [0.2, 0.25) is 0 Å². The minimum absolute atomic E-state index is 0.00714. The number of nitrogens with one attached hydrogen (secondary N) is 1. The number of carbonyl (C=O) groups is 1. The molecule has 1 unspecified atom stereocenters. The van der Waals surface area contributed by atoms with Crippen molar-refractivity contribution < 1.29 is 18.3 Å². The van der Waals surface area contributed by atoms with Gasteiger partial charge < -0.3 is 5.11 Å². The predicted molar refractivity (Wildman–Crippen MR) is 82.0 cm³/mol. The predicted octanol–water partition coefficient (Wildman–Crippen LogP) is 2.80. The molecule has 0 amide bonds. The molecule has 2 N–H and O–H groups in total. The number of sulfonamides is 1. The van der Waals surface area contributed by atoms with Crippen LogP contribution >= 0.6 is 0 Å². The summed E-state index contributed by atoms with van der Waals surface area (Å²) in [5.41, 5.74) is 0.544. The van der Waals surface area contributed by atoms with Gasteiger partial charge in [0.25, 0.3) is 0 Å². The molecule has 118 valence electrons. The molecule has 1 rings (SSSR count). The standard InChI is InChI=1S/C15H23NO4S/c1-10(2)5-7-12(4)16-21(19,20)13-8-6-11(3)14(9-13)15(17)18/h6,8-10,12,16H,5,7H2,1-4H3,(H,17,18). The molecule has 0 aliphatic rings. The SMILES string of the molecule is Cc1ccc(S(=O)(=O)NC(C)CCC(C)C)cc1C(=O)O. The van der Waals surface area contributed by atoms with Crippen molar-refractivity contribution >= 4 is 16.0 Å². The van der Waals surface area contributed by atoms with Gasteiger partial charge >= 0.3 is 5.97 Å². The van der Waals surface area contributed by atoms with Crippen LogP contribution < -0.4 is 4.72 Å². The van der Waals surface area contributed by atoms with Crippen molar-refractivity contribution in [3.8, 4) is 0 Å². The average Bonchev–Trinajstić information content (AvgIpc) is 2.35. The van der Waals surface area contributed by atoms with Gasteiger partial charge in [-0.15, -0.1) is 0 Å². The number of carboxylic acids is 1. The molecule has 0 saturated carbocycles. The molecule has 0 aliphatic heterocycles. The highest BCUT2D eigenvalue weighted by atomic mass is 32.2. The molecule has 0 bridgehead atoms. The zero-order chi connectivity index (χ0) is 16.2. The van der Waals surface area contributed by atoms with Gasteiger partial charge in [-0.3, -0.25) is 0 Å². The topological polar surface area (TPSA) is 83.5 Å². The number of hydrogen-bond donors (Lipinski definition) is 2. The lowest BCUT2D eigenvalue weighted by atomic mass is 10.1. The van der Waals surface area contributed by atoms with Crippen molar-refractivity contribution in [2.75, 3.05) is 0 Å². The number of aryl methyl sites for hydroxylation is 1. The van der Waals surface area contributed by atoms with Gasteiger partial charge in [0, 0.05) is 6.04 Å². The quantitative estimate of drug-likeness (QED) is 0.811. The molecule has 0 radical (unpaired) electrons. The zero-order valence-corrected chi connectivity index (χ0v) is 13.7. The summed E-state index contributed by atoms with van der Waals surface area (Å²) in [5, 5.41) is 9.07. The summed E-state index contributed by atoms with van der Waals surface area (Å²) >= 11 is 0. The number of hydrogen-bond acceptors (Lipinski definition) is 3. The Morgan fingerprint density at radius 2 is 1.86 bits per heavy atom. The maximum Gasteiger partial charge on any atom is 0.335 e. The summed E-state index contributed by atoms with van der Waals surface area (Å²) in [7, 11) is -3.69. The second-order valence-electron chi connectivity index (χ2n) is 5.78. The van der Waals surface area contributed by atoms with Crippen molar-refractivity contribution in [1.29, 1.82) is 0 Å². The fraction of sp³-hybridized carbons (Fsp3) is 0.533. The molecule has 0 heterocycles. The van der Waals surface area contributed by atoms with Crippen molar-refractivity contribution in [1.82, 2.24) is 4.72 Å². The summed E-state index contributed by atoms with van der Waals surface area (Å²) in [6, 6.07) is 3.96. The van der Waals surface area contributed by atoms with Crippen LogP contribution in [0.15, 0.2) is 23.1 Å². The Labute approximate surface area is 126 Å². The molecule has 0 fully saturated rings. The van der Waals surface area contributed by atoms with Crippen LogP contribution in [0.25, 0.3) is 0 Å². The highest BCUT2D eigenvalue weighted by molar-refractivity contribution is 7.89. The van der Waals surface area contributed by atoms with Crippen LogP contribution in [-0.2, 0) is 10.0 Å². The lowest BCUT2D eigenvalue weighted by molar-refractivity contribution is 0.0696. The Morgan fingerprint density at radius 3 is 2.38 bits per heavy atom. The molecule has 0 spiro atoms. The van der Waals surface area contributed by atoms with Crippen molar-refractivity contribution in [3.63, 3.8) is 0 Å². The van der Waals surface area contributed by atoms with Crippen LogP contribution in [-0.4, -0.2) is 25.5 Å². The maximum absolute atomic E-state index is 12.3. The largest absolute Gasteiger partial charge is 0.478 e. The van der Waals surface area contributed by atoms with Gasteiger partial charge in [0.1, 0.15) is 0 Å². The molecule has 0 aromatic heterocycles. The normalized spacial score (nSPS) is 13.4. The smallest absolute Gasteiger partial charge is 0.335 e. The Hall–Kier alpha value is -1.40. The first-order valence-electron chi connectivity index (χ1n) is 6.99. The van der Waals surface area contributed by atoms with E-state index in [1.165, 1.54) is 18.2 Å². The lowest BCUT2D eigenvalue weighted by Crippen LogP contribution is -2.33. The van der Waals surface area contributed by atoms with E-state index in [0.29, 0.717) is 11.5 Å². The van der Waals surface area contributed by atoms with Crippen molar-refractivity contribution in [2.24, 2.45) is 5.92 Å². The summed E-state index contributed by atoms with van der Waals surface area (Å²) in [6.07, 6.45) is 1.67. The van der Waals surface area contributed by atoms with Gasteiger partial charge in [-0.05, 0) is 50.3 Å². The minimum Gasteiger partial charge on any atom is -0.478 e. The van der Waals surface area contributed by atoms with E-state index >= 15 is 0 Å².